The highest BCUT2D eigenvalue weighted by atomic mass is 32.1. The highest BCUT2D eigenvalue weighted by Gasteiger charge is 2.27. The number of morpholine rings is 1. The van der Waals surface area contributed by atoms with Crippen LogP contribution < -0.4 is 15.5 Å². The Kier molecular flexibility index (Phi) is 5.68. The molecule has 4 heterocycles. The number of anilines is 3. The summed E-state index contributed by atoms with van der Waals surface area (Å²) in [5.41, 5.74) is 3.69. The molecule has 4 aromatic rings. The lowest BCUT2D eigenvalue weighted by atomic mass is 10.0. The van der Waals surface area contributed by atoms with Gasteiger partial charge in [-0.3, -0.25) is 4.79 Å². The summed E-state index contributed by atoms with van der Waals surface area (Å²) in [6.45, 7) is 2.96. The van der Waals surface area contributed by atoms with Crippen molar-refractivity contribution in [2.45, 2.75) is 6.17 Å². The Morgan fingerprint density at radius 1 is 1.03 bits per heavy atom. The lowest BCUT2D eigenvalue weighted by Gasteiger charge is -2.25. The summed E-state index contributed by atoms with van der Waals surface area (Å²) in [7, 11) is 0. The summed E-state index contributed by atoms with van der Waals surface area (Å²) < 4.78 is 11.2. The third-order valence-electron chi connectivity index (χ3n) is 5.67. The van der Waals surface area contributed by atoms with Gasteiger partial charge in [0.05, 0.1) is 24.6 Å². The number of thiazole rings is 1. The van der Waals surface area contributed by atoms with E-state index < -0.39 is 6.17 Å². The zero-order valence-corrected chi connectivity index (χ0v) is 19.4. The molecule has 0 aliphatic carbocycles. The van der Waals surface area contributed by atoms with E-state index in [0.717, 1.165) is 29.3 Å². The number of nitrogens with one attached hydrogen (secondary N) is 2. The van der Waals surface area contributed by atoms with Gasteiger partial charge in [-0.25, -0.2) is 9.98 Å². The van der Waals surface area contributed by atoms with Crippen molar-refractivity contribution in [1.29, 1.82) is 0 Å². The third kappa shape index (κ3) is 4.38. The quantitative estimate of drug-likeness (QED) is 0.441. The number of carbonyl (C=O) groups is 1. The Morgan fingerprint density at radius 3 is 2.69 bits per heavy atom. The van der Waals surface area contributed by atoms with E-state index >= 15 is 0 Å². The average Bonchev–Trinajstić information content (AvgIpc) is 3.55. The van der Waals surface area contributed by atoms with Crippen molar-refractivity contribution in [3.05, 3.63) is 71.1 Å². The van der Waals surface area contributed by atoms with Crippen LogP contribution in [0.5, 0.6) is 0 Å². The number of aromatic nitrogens is 3. The normalized spacial score (nSPS) is 17.8. The zero-order valence-electron chi connectivity index (χ0n) is 18.5. The lowest BCUT2D eigenvalue weighted by Crippen LogP contribution is -2.36. The van der Waals surface area contributed by atoms with Crippen LogP contribution in [-0.2, 0) is 9.53 Å². The minimum absolute atomic E-state index is 0.0863. The monoisotopic (exact) mass is 487 g/mol. The van der Waals surface area contributed by atoms with Crippen molar-refractivity contribution in [3.63, 3.8) is 0 Å². The third-order valence-corrected chi connectivity index (χ3v) is 6.57. The number of benzene rings is 2. The van der Waals surface area contributed by atoms with E-state index in [0.29, 0.717) is 30.3 Å². The summed E-state index contributed by atoms with van der Waals surface area (Å²) in [6.07, 6.45) is -0.967. The molecule has 0 spiro atoms. The SMILES string of the molecule is O=C1Nc2ccccc2C(c2ccccc2)=NC1Nc1nnc(-c2csc(N3CCOCC3)n2)o1. The molecule has 0 saturated carbocycles. The second-order valence-corrected chi connectivity index (χ2v) is 8.79. The molecule has 2 aliphatic heterocycles. The lowest BCUT2D eigenvalue weighted by molar-refractivity contribution is -0.116. The van der Waals surface area contributed by atoms with Crippen LogP contribution in [0.4, 0.5) is 16.8 Å². The molecule has 176 valence electrons. The van der Waals surface area contributed by atoms with Crippen LogP contribution in [0.2, 0.25) is 0 Å². The molecule has 2 aromatic carbocycles. The van der Waals surface area contributed by atoms with E-state index in [1.165, 1.54) is 11.3 Å². The molecule has 6 rings (SSSR count). The molecule has 0 radical (unpaired) electrons. The fraction of sp³-hybridized carbons (Fsp3) is 0.208. The Morgan fingerprint density at radius 2 is 1.83 bits per heavy atom. The molecule has 1 unspecified atom stereocenters. The first-order chi connectivity index (χ1) is 17.2. The maximum atomic E-state index is 13.0. The highest BCUT2D eigenvalue weighted by Crippen LogP contribution is 2.29. The first kappa shape index (κ1) is 21.4. The second kappa shape index (κ2) is 9.28. The molecule has 1 fully saturated rings. The predicted octanol–water partition coefficient (Wildman–Crippen LogP) is 3.26. The molecule has 1 saturated heterocycles. The first-order valence-corrected chi connectivity index (χ1v) is 12.0. The van der Waals surface area contributed by atoms with Crippen LogP contribution in [-0.4, -0.2) is 59.3 Å². The number of ether oxygens (including phenoxy) is 1. The van der Waals surface area contributed by atoms with Crippen LogP contribution >= 0.6 is 11.3 Å². The Hall–Kier alpha value is -4.09. The number of fused-ring (bicyclic) bond motifs is 1. The molecule has 2 aliphatic rings. The summed E-state index contributed by atoms with van der Waals surface area (Å²) >= 11 is 1.51. The number of amides is 1. The average molecular weight is 488 g/mol. The Bertz CT molecular complexity index is 1380. The molecule has 2 N–H and O–H groups in total. The fourth-order valence-electron chi connectivity index (χ4n) is 3.95. The van der Waals surface area contributed by atoms with Gasteiger partial charge >= 0.3 is 6.01 Å². The van der Waals surface area contributed by atoms with Crippen molar-refractivity contribution in [2.24, 2.45) is 4.99 Å². The number of hydrogen-bond acceptors (Lipinski definition) is 10. The predicted molar refractivity (Wildman–Crippen MR) is 133 cm³/mol. The number of benzodiazepines with no additional fused rings is 1. The topological polar surface area (TPSA) is 118 Å². The summed E-state index contributed by atoms with van der Waals surface area (Å²) in [5.74, 6) is -0.0563. The minimum atomic E-state index is -0.967. The van der Waals surface area contributed by atoms with Gasteiger partial charge in [0, 0.05) is 29.6 Å². The van der Waals surface area contributed by atoms with Crippen molar-refractivity contribution < 1.29 is 13.9 Å². The van der Waals surface area contributed by atoms with E-state index in [9.17, 15) is 4.79 Å². The number of para-hydroxylation sites is 1. The molecule has 10 nitrogen and oxygen atoms in total. The minimum Gasteiger partial charge on any atom is -0.402 e. The van der Waals surface area contributed by atoms with Gasteiger partial charge in [-0.05, 0) is 6.07 Å². The molecular weight excluding hydrogens is 466 g/mol. The summed E-state index contributed by atoms with van der Waals surface area (Å²) in [5, 5.41) is 16.9. The van der Waals surface area contributed by atoms with Crippen LogP contribution in [0.25, 0.3) is 11.6 Å². The Balaban J connectivity index is 1.27. The number of carbonyl (C=O) groups excluding carboxylic acids is 1. The summed E-state index contributed by atoms with van der Waals surface area (Å²) in [4.78, 5) is 24.6. The van der Waals surface area contributed by atoms with Gasteiger partial charge in [0.25, 0.3) is 11.8 Å². The van der Waals surface area contributed by atoms with Crippen molar-refractivity contribution in [1.82, 2.24) is 15.2 Å². The molecule has 1 atom stereocenters. The van der Waals surface area contributed by atoms with Crippen LogP contribution in [0.3, 0.4) is 0 Å². The van der Waals surface area contributed by atoms with Crippen molar-refractivity contribution in [3.8, 4) is 11.6 Å². The maximum Gasteiger partial charge on any atom is 0.317 e. The van der Waals surface area contributed by atoms with E-state index in [1.54, 1.807) is 0 Å². The number of hydrogen-bond donors (Lipinski definition) is 2. The van der Waals surface area contributed by atoms with Gasteiger partial charge in [0.2, 0.25) is 6.17 Å². The van der Waals surface area contributed by atoms with Gasteiger partial charge in [0.1, 0.15) is 5.69 Å². The molecule has 11 heteroatoms. The molecule has 1 amide bonds. The van der Waals surface area contributed by atoms with Crippen LogP contribution in [0, 0.1) is 0 Å². The van der Waals surface area contributed by atoms with Gasteiger partial charge in [-0.2, -0.15) is 0 Å². The molecule has 35 heavy (non-hydrogen) atoms. The second-order valence-electron chi connectivity index (χ2n) is 7.95. The van der Waals surface area contributed by atoms with Gasteiger partial charge in [0.15, 0.2) is 5.13 Å². The van der Waals surface area contributed by atoms with E-state index in [4.69, 9.17) is 14.1 Å². The van der Waals surface area contributed by atoms with Crippen LogP contribution in [0.15, 0.2) is 69.4 Å². The largest absolute Gasteiger partial charge is 0.402 e. The number of aliphatic imine (C=N–C) groups is 1. The van der Waals surface area contributed by atoms with Crippen molar-refractivity contribution >= 4 is 39.8 Å². The molecule has 0 bridgehead atoms. The summed E-state index contributed by atoms with van der Waals surface area (Å²) in [6, 6.07) is 17.4. The standard InChI is InChI=1S/C24H21N7O3S/c32-21-20(27-19(15-6-2-1-3-7-15)16-8-4-5-9-17(16)25-21)28-23-30-29-22(34-23)18-14-35-24(26-18)31-10-12-33-13-11-31/h1-9,14,20H,10-13H2,(H,25,32)(H,28,30). The van der Waals surface area contributed by atoms with Crippen molar-refractivity contribution in [2.75, 3.05) is 41.8 Å². The fourth-order valence-corrected chi connectivity index (χ4v) is 4.80. The molecule has 2 aromatic heterocycles. The van der Waals surface area contributed by atoms with Gasteiger partial charge in [-0.15, -0.1) is 16.4 Å². The highest BCUT2D eigenvalue weighted by molar-refractivity contribution is 7.14. The number of nitrogens with zero attached hydrogens (tertiary/aromatic N) is 5. The van der Waals surface area contributed by atoms with Crippen LogP contribution in [0.1, 0.15) is 11.1 Å². The zero-order chi connectivity index (χ0) is 23.6. The van der Waals surface area contributed by atoms with Gasteiger partial charge in [-0.1, -0.05) is 53.6 Å². The Labute approximate surface area is 204 Å². The van der Waals surface area contributed by atoms with E-state index in [2.05, 4.69) is 30.7 Å². The smallest absolute Gasteiger partial charge is 0.317 e. The first-order valence-electron chi connectivity index (χ1n) is 11.2. The van der Waals surface area contributed by atoms with E-state index in [1.807, 2.05) is 60.0 Å². The van der Waals surface area contributed by atoms with Gasteiger partial charge < -0.3 is 24.7 Å². The maximum absolute atomic E-state index is 13.0. The number of rotatable bonds is 5. The molecular formula is C24H21N7O3S. The van der Waals surface area contributed by atoms with E-state index in [-0.39, 0.29) is 17.8 Å².